The van der Waals surface area contributed by atoms with Crippen molar-refractivity contribution in [3.63, 3.8) is 0 Å². The second-order valence-electron chi connectivity index (χ2n) is 5.88. The lowest BCUT2D eigenvalue weighted by molar-refractivity contribution is -0.142. The molecule has 0 bridgehead atoms. The fraction of sp³-hybridized carbons (Fsp3) is 0.368. The van der Waals surface area contributed by atoms with Crippen molar-refractivity contribution in [1.82, 2.24) is 0 Å². The average molecular weight is 376 g/mol. The zero-order valence-electron chi connectivity index (χ0n) is 14.3. The van der Waals surface area contributed by atoms with E-state index in [0.29, 0.717) is 0 Å². The van der Waals surface area contributed by atoms with E-state index in [1.807, 2.05) is 0 Å². The Morgan fingerprint density at radius 3 is 2.00 bits per heavy atom. The van der Waals surface area contributed by atoms with Gasteiger partial charge in [-0.2, -0.15) is 17.6 Å². The van der Waals surface area contributed by atoms with Gasteiger partial charge in [-0.25, -0.2) is 8.78 Å². The molecule has 0 N–H and O–H groups in total. The van der Waals surface area contributed by atoms with Crippen molar-refractivity contribution < 1.29 is 31.1 Å². The summed E-state index contributed by atoms with van der Waals surface area (Å²) in [5, 5.41) is 0. The monoisotopic (exact) mass is 376 g/mol. The van der Waals surface area contributed by atoms with E-state index in [2.05, 4.69) is 11.7 Å². The summed E-state index contributed by atoms with van der Waals surface area (Å²) < 4.78 is 85.8. The normalized spacial score (nSPS) is 11.7. The van der Waals surface area contributed by atoms with Crippen LogP contribution in [-0.4, -0.2) is 7.11 Å². The quantitative estimate of drug-likeness (QED) is 0.316. The second-order valence-corrected chi connectivity index (χ2v) is 5.88. The Balaban J connectivity index is 2.56. The molecule has 142 valence electrons. The van der Waals surface area contributed by atoms with E-state index in [1.165, 1.54) is 12.1 Å². The molecule has 0 aliphatic rings. The highest BCUT2D eigenvalue weighted by Gasteiger charge is 2.42. The lowest BCUT2D eigenvalue weighted by atomic mass is 9.97. The van der Waals surface area contributed by atoms with Gasteiger partial charge in [-0.15, -0.1) is 0 Å². The van der Waals surface area contributed by atoms with E-state index in [4.69, 9.17) is 0 Å². The van der Waals surface area contributed by atoms with Gasteiger partial charge in [0.25, 0.3) is 0 Å². The number of benzene rings is 2. The number of aryl methyl sites for hydroxylation is 1. The lowest BCUT2D eigenvalue weighted by Gasteiger charge is -2.17. The largest absolute Gasteiger partial charge is 0.493 e. The van der Waals surface area contributed by atoms with E-state index < -0.39 is 40.5 Å². The molecule has 0 unspecified atom stereocenters. The van der Waals surface area contributed by atoms with Crippen LogP contribution in [0.2, 0.25) is 0 Å². The van der Waals surface area contributed by atoms with Crippen LogP contribution in [0.25, 0.3) is 11.1 Å². The fourth-order valence-corrected chi connectivity index (χ4v) is 2.76. The molecule has 0 heterocycles. The number of hydrogen-bond donors (Lipinski definition) is 0. The maximum absolute atomic E-state index is 14.5. The summed E-state index contributed by atoms with van der Waals surface area (Å²) in [5.41, 5.74) is -2.13. The molecule has 0 aromatic heterocycles. The molecule has 0 saturated carbocycles. The zero-order chi connectivity index (χ0) is 19.5. The average Bonchev–Trinajstić information content (AvgIpc) is 2.58. The molecule has 2 aromatic carbocycles. The van der Waals surface area contributed by atoms with Crippen molar-refractivity contribution in [2.24, 2.45) is 0 Å². The highest BCUT2D eigenvalue weighted by Crippen LogP contribution is 2.44. The summed E-state index contributed by atoms with van der Waals surface area (Å²) in [6.45, 7) is 2.06. The summed E-state index contributed by atoms with van der Waals surface area (Å²) in [6, 6.07) is 6.00. The third-order valence-electron chi connectivity index (χ3n) is 4.08. The van der Waals surface area contributed by atoms with Crippen molar-refractivity contribution in [2.45, 2.75) is 38.8 Å². The van der Waals surface area contributed by atoms with Crippen LogP contribution in [0.15, 0.2) is 24.3 Å². The molecular formula is C19H18F6O. The van der Waals surface area contributed by atoms with E-state index in [9.17, 15) is 26.3 Å². The third kappa shape index (κ3) is 3.97. The first kappa shape index (κ1) is 20.1. The van der Waals surface area contributed by atoms with E-state index >= 15 is 0 Å². The van der Waals surface area contributed by atoms with Gasteiger partial charge in [0.2, 0.25) is 5.82 Å². The first-order valence-electron chi connectivity index (χ1n) is 8.13. The van der Waals surface area contributed by atoms with Gasteiger partial charge in [0.05, 0.1) is 12.7 Å². The number of alkyl halides is 3. The van der Waals surface area contributed by atoms with Crippen molar-refractivity contribution in [1.29, 1.82) is 0 Å². The van der Waals surface area contributed by atoms with Crippen LogP contribution >= 0.6 is 0 Å². The second kappa shape index (κ2) is 8.01. The SMILES string of the molecule is CCCCCc1ccc(-c2c(F)c(C(F)(F)F)c(F)c(F)c2OC)cc1. The zero-order valence-corrected chi connectivity index (χ0v) is 14.3. The molecule has 1 nitrogen and oxygen atoms in total. The van der Waals surface area contributed by atoms with Crippen molar-refractivity contribution >= 4 is 0 Å². The van der Waals surface area contributed by atoms with Crippen LogP contribution in [-0.2, 0) is 12.6 Å². The molecule has 26 heavy (non-hydrogen) atoms. The van der Waals surface area contributed by atoms with Gasteiger partial charge in [0.1, 0.15) is 11.4 Å². The molecule has 0 amide bonds. The van der Waals surface area contributed by atoms with Crippen molar-refractivity contribution in [2.75, 3.05) is 7.11 Å². The molecular weight excluding hydrogens is 358 g/mol. The van der Waals surface area contributed by atoms with Crippen molar-refractivity contribution in [3.8, 4) is 16.9 Å². The molecule has 7 heteroatoms. The molecule has 0 saturated heterocycles. The number of halogens is 6. The standard InChI is InChI=1S/C19H18F6O/c1-3-4-5-6-11-7-9-12(10-8-11)13-15(20)14(19(23,24)25)16(21)17(22)18(13)26-2/h7-10H,3-6H2,1-2H3. The molecule has 0 aliphatic carbocycles. The Labute approximate surface area is 147 Å². The highest BCUT2D eigenvalue weighted by atomic mass is 19.4. The summed E-state index contributed by atoms with van der Waals surface area (Å²) >= 11 is 0. The predicted octanol–water partition coefficient (Wildman–Crippen LogP) is 6.53. The smallest absolute Gasteiger partial charge is 0.422 e. The van der Waals surface area contributed by atoms with E-state index in [1.54, 1.807) is 12.1 Å². The molecule has 2 rings (SSSR count). The van der Waals surface area contributed by atoms with Crippen molar-refractivity contribution in [3.05, 3.63) is 52.8 Å². The molecule has 2 aromatic rings. The first-order valence-corrected chi connectivity index (χ1v) is 8.13. The Morgan fingerprint density at radius 2 is 1.50 bits per heavy atom. The van der Waals surface area contributed by atoms with Crippen LogP contribution in [0, 0.1) is 17.5 Å². The maximum Gasteiger partial charge on any atom is 0.422 e. The minimum atomic E-state index is -5.38. The van der Waals surface area contributed by atoms with Gasteiger partial charge in [-0.1, -0.05) is 44.0 Å². The topological polar surface area (TPSA) is 9.23 Å². The lowest BCUT2D eigenvalue weighted by Crippen LogP contribution is -2.15. The number of ether oxygens (including phenoxy) is 1. The Hall–Kier alpha value is -2.18. The summed E-state index contributed by atoms with van der Waals surface area (Å²) in [5.74, 6) is -6.98. The van der Waals surface area contributed by atoms with Gasteiger partial charge in [0.15, 0.2) is 11.6 Å². The Kier molecular flexibility index (Phi) is 6.21. The van der Waals surface area contributed by atoms with Crippen LogP contribution in [0.3, 0.4) is 0 Å². The molecule has 0 aliphatic heterocycles. The predicted molar refractivity (Wildman–Crippen MR) is 86.5 cm³/mol. The van der Waals surface area contributed by atoms with Gasteiger partial charge < -0.3 is 4.74 Å². The third-order valence-corrected chi connectivity index (χ3v) is 4.08. The van der Waals surface area contributed by atoms with Gasteiger partial charge >= 0.3 is 6.18 Å². The first-order chi connectivity index (χ1) is 12.2. The van der Waals surface area contributed by atoms with Gasteiger partial charge in [-0.3, -0.25) is 0 Å². The minimum absolute atomic E-state index is 0.0250. The minimum Gasteiger partial charge on any atom is -0.493 e. The fourth-order valence-electron chi connectivity index (χ4n) is 2.76. The summed E-state index contributed by atoms with van der Waals surface area (Å²) in [4.78, 5) is 0. The molecule has 0 atom stereocenters. The van der Waals surface area contributed by atoms with E-state index in [0.717, 1.165) is 38.4 Å². The number of unbranched alkanes of at least 4 members (excludes halogenated alkanes) is 2. The van der Waals surface area contributed by atoms with Crippen LogP contribution in [0.1, 0.15) is 37.3 Å². The summed E-state index contributed by atoms with van der Waals surface area (Å²) in [6.07, 6.45) is -1.61. The Morgan fingerprint density at radius 1 is 0.885 bits per heavy atom. The number of methoxy groups -OCH3 is 1. The van der Waals surface area contributed by atoms with Crippen LogP contribution in [0.4, 0.5) is 26.3 Å². The number of rotatable bonds is 6. The molecule has 0 fully saturated rings. The van der Waals surface area contributed by atoms with Crippen LogP contribution in [0.5, 0.6) is 5.75 Å². The van der Waals surface area contributed by atoms with Gasteiger partial charge in [-0.05, 0) is 24.0 Å². The summed E-state index contributed by atoms with van der Waals surface area (Å²) in [7, 11) is 0.938. The van der Waals surface area contributed by atoms with Gasteiger partial charge in [0, 0.05) is 0 Å². The molecule has 0 spiro atoms. The highest BCUT2D eigenvalue weighted by molar-refractivity contribution is 5.73. The number of hydrogen-bond acceptors (Lipinski definition) is 1. The Bertz CT molecular complexity index is 765. The molecule has 0 radical (unpaired) electrons. The van der Waals surface area contributed by atoms with E-state index in [-0.39, 0.29) is 5.56 Å². The maximum atomic E-state index is 14.5. The van der Waals surface area contributed by atoms with Crippen LogP contribution < -0.4 is 4.74 Å².